The van der Waals surface area contributed by atoms with Gasteiger partial charge in [-0.1, -0.05) is 24.3 Å². The average molecular weight is 390 g/mol. The lowest BCUT2D eigenvalue weighted by atomic mass is 9.90. The molecule has 1 aliphatic heterocycles. The number of carbonyl (C=O) groups is 1. The molecule has 6 heteroatoms. The number of hydrogen-bond acceptors (Lipinski definition) is 4. The molecule has 2 unspecified atom stereocenters. The molecule has 0 saturated heterocycles. The van der Waals surface area contributed by atoms with Gasteiger partial charge < -0.3 is 9.84 Å². The van der Waals surface area contributed by atoms with Gasteiger partial charge in [-0.3, -0.25) is 14.2 Å². The van der Waals surface area contributed by atoms with Gasteiger partial charge in [-0.15, -0.1) is 0 Å². The zero-order valence-electron chi connectivity index (χ0n) is 16.2. The van der Waals surface area contributed by atoms with E-state index in [2.05, 4.69) is 6.08 Å². The summed E-state index contributed by atoms with van der Waals surface area (Å²) in [6, 6.07) is 7.53. The molecule has 3 aliphatic rings. The first-order valence-electron chi connectivity index (χ1n) is 10.1. The summed E-state index contributed by atoms with van der Waals surface area (Å²) in [5.74, 6) is 0.495. The van der Waals surface area contributed by atoms with Crippen molar-refractivity contribution in [3.63, 3.8) is 0 Å². The molecule has 1 N–H and O–H groups in total. The van der Waals surface area contributed by atoms with Gasteiger partial charge in [-0.25, -0.2) is 4.98 Å². The second-order valence-corrected chi connectivity index (χ2v) is 7.87. The van der Waals surface area contributed by atoms with Crippen LogP contribution in [0.15, 0.2) is 35.1 Å². The molecule has 2 atom stereocenters. The Balaban J connectivity index is 1.63. The number of rotatable bonds is 4. The minimum absolute atomic E-state index is 0.0915. The standard InChI is InChI=1S/C23H22N2O4/c1-2-29-17-9-4-3-6-14(17)12-15-7-5-8-16-20(15)24-19-10-11-23(22(27)28)13-18(23)25(19)21(16)26/h3-4,6,9-12,18H,2,5,7-8,13H2,1H3,(H,27,28)/b15-12+. The molecular weight excluding hydrogens is 368 g/mol. The normalized spacial score (nSPS) is 25.1. The molecule has 0 radical (unpaired) electrons. The summed E-state index contributed by atoms with van der Waals surface area (Å²) < 4.78 is 7.34. The Labute approximate surface area is 168 Å². The Hall–Kier alpha value is -3.15. The highest BCUT2D eigenvalue weighted by Crippen LogP contribution is 2.59. The number of nitrogens with zero attached hydrogens (tertiary/aromatic N) is 2. The van der Waals surface area contributed by atoms with E-state index < -0.39 is 11.4 Å². The summed E-state index contributed by atoms with van der Waals surface area (Å²) in [5, 5.41) is 9.56. The van der Waals surface area contributed by atoms with Gasteiger partial charge in [0.05, 0.1) is 18.3 Å². The van der Waals surface area contributed by atoms with Crippen molar-refractivity contribution in [3.05, 3.63) is 63.3 Å². The van der Waals surface area contributed by atoms with E-state index in [-0.39, 0.29) is 11.6 Å². The lowest BCUT2D eigenvalue weighted by Crippen LogP contribution is -2.33. The lowest BCUT2D eigenvalue weighted by molar-refractivity contribution is -0.141. The quantitative estimate of drug-likeness (QED) is 0.863. The van der Waals surface area contributed by atoms with Crippen molar-refractivity contribution < 1.29 is 14.6 Å². The van der Waals surface area contributed by atoms with Gasteiger partial charge in [0, 0.05) is 11.1 Å². The Morgan fingerprint density at radius 2 is 2.21 bits per heavy atom. The van der Waals surface area contributed by atoms with E-state index in [0.29, 0.717) is 30.8 Å². The van der Waals surface area contributed by atoms with E-state index in [1.54, 1.807) is 16.7 Å². The van der Waals surface area contributed by atoms with Gasteiger partial charge in [0.15, 0.2) is 0 Å². The number of benzene rings is 1. The summed E-state index contributed by atoms with van der Waals surface area (Å²) in [4.78, 5) is 29.7. The van der Waals surface area contributed by atoms with Gasteiger partial charge in [0.25, 0.3) is 5.56 Å². The van der Waals surface area contributed by atoms with Gasteiger partial charge in [-0.05, 0) is 56.4 Å². The molecule has 0 bridgehead atoms. The molecule has 0 amide bonds. The predicted molar refractivity (Wildman–Crippen MR) is 110 cm³/mol. The molecule has 1 fully saturated rings. The van der Waals surface area contributed by atoms with Crippen LogP contribution in [0.4, 0.5) is 0 Å². The second kappa shape index (κ2) is 6.44. The summed E-state index contributed by atoms with van der Waals surface area (Å²) in [7, 11) is 0. The van der Waals surface area contributed by atoms with Crippen molar-refractivity contribution in [3.8, 4) is 5.75 Å². The number of ether oxygens (including phenoxy) is 1. The van der Waals surface area contributed by atoms with E-state index >= 15 is 0 Å². The minimum atomic E-state index is -0.934. The predicted octanol–water partition coefficient (Wildman–Crippen LogP) is 3.56. The average Bonchev–Trinajstić information content (AvgIpc) is 3.47. The third-order valence-corrected chi connectivity index (χ3v) is 6.17. The lowest BCUT2D eigenvalue weighted by Gasteiger charge is -2.23. The van der Waals surface area contributed by atoms with Crippen molar-refractivity contribution in [2.75, 3.05) is 6.61 Å². The summed E-state index contributed by atoms with van der Waals surface area (Å²) >= 11 is 0. The van der Waals surface area contributed by atoms with Crippen LogP contribution in [0, 0.1) is 5.41 Å². The van der Waals surface area contributed by atoms with Crippen molar-refractivity contribution in [2.45, 2.75) is 38.6 Å². The third kappa shape index (κ3) is 2.66. The molecule has 2 aliphatic carbocycles. The molecule has 148 valence electrons. The largest absolute Gasteiger partial charge is 0.493 e. The zero-order chi connectivity index (χ0) is 20.2. The monoisotopic (exact) mass is 390 g/mol. The minimum Gasteiger partial charge on any atom is -0.493 e. The van der Waals surface area contributed by atoms with Crippen LogP contribution in [0.1, 0.15) is 54.9 Å². The fourth-order valence-corrected chi connectivity index (χ4v) is 4.57. The Morgan fingerprint density at radius 3 is 3.00 bits per heavy atom. The van der Waals surface area contributed by atoms with Gasteiger partial charge >= 0.3 is 5.97 Å². The number of aliphatic carboxylic acids is 1. The molecule has 1 aromatic carbocycles. The maximum absolute atomic E-state index is 13.3. The Morgan fingerprint density at radius 1 is 1.38 bits per heavy atom. The fraction of sp³-hybridized carbons (Fsp3) is 0.348. The van der Waals surface area contributed by atoms with E-state index in [0.717, 1.165) is 35.4 Å². The van der Waals surface area contributed by atoms with Gasteiger partial charge in [0.2, 0.25) is 0 Å². The Kier molecular flexibility index (Phi) is 3.98. The fourth-order valence-electron chi connectivity index (χ4n) is 4.57. The van der Waals surface area contributed by atoms with Crippen LogP contribution < -0.4 is 10.3 Å². The van der Waals surface area contributed by atoms with E-state index in [1.165, 1.54) is 0 Å². The van der Waals surface area contributed by atoms with Crippen LogP contribution in [-0.4, -0.2) is 27.2 Å². The molecule has 6 nitrogen and oxygen atoms in total. The van der Waals surface area contributed by atoms with E-state index in [4.69, 9.17) is 9.72 Å². The highest BCUT2D eigenvalue weighted by atomic mass is 16.5. The molecular formula is C23H22N2O4. The first kappa shape index (κ1) is 17.9. The van der Waals surface area contributed by atoms with Crippen LogP contribution in [-0.2, 0) is 11.2 Å². The van der Waals surface area contributed by atoms with Crippen LogP contribution in [0.25, 0.3) is 17.7 Å². The van der Waals surface area contributed by atoms with Crippen LogP contribution in [0.5, 0.6) is 5.75 Å². The van der Waals surface area contributed by atoms with Crippen molar-refractivity contribution in [1.82, 2.24) is 9.55 Å². The molecule has 0 spiro atoms. The highest BCUT2D eigenvalue weighted by Gasteiger charge is 2.62. The molecule has 29 heavy (non-hydrogen) atoms. The van der Waals surface area contributed by atoms with Gasteiger partial charge in [-0.2, -0.15) is 0 Å². The Bertz CT molecular complexity index is 1140. The van der Waals surface area contributed by atoms with Crippen LogP contribution in [0.2, 0.25) is 0 Å². The maximum atomic E-state index is 13.3. The van der Waals surface area contributed by atoms with Crippen molar-refractivity contribution in [2.24, 2.45) is 5.41 Å². The number of aromatic nitrogens is 2. The zero-order valence-corrected chi connectivity index (χ0v) is 16.2. The molecule has 5 rings (SSSR count). The van der Waals surface area contributed by atoms with Gasteiger partial charge in [0.1, 0.15) is 17.0 Å². The maximum Gasteiger partial charge on any atom is 0.315 e. The summed E-state index contributed by atoms with van der Waals surface area (Å²) in [6.07, 6.45) is 8.30. The topological polar surface area (TPSA) is 81.4 Å². The van der Waals surface area contributed by atoms with Crippen LogP contribution in [0.3, 0.4) is 0 Å². The summed E-state index contributed by atoms with van der Waals surface area (Å²) in [5.41, 5.74) is 2.41. The number of allylic oxidation sites excluding steroid dienone is 1. The molecule has 1 aromatic heterocycles. The van der Waals surface area contributed by atoms with Crippen molar-refractivity contribution in [1.29, 1.82) is 0 Å². The molecule has 2 aromatic rings. The van der Waals surface area contributed by atoms with Crippen molar-refractivity contribution >= 4 is 23.7 Å². The number of fused-ring (bicyclic) bond motifs is 4. The number of hydrogen-bond donors (Lipinski definition) is 1. The number of para-hydroxylation sites is 1. The SMILES string of the molecule is CCOc1ccccc1/C=C1\CCCc2c1nc1n(c2=O)C2CC2(C(=O)O)C=C1. The van der Waals surface area contributed by atoms with E-state index in [1.807, 2.05) is 31.2 Å². The molecule has 1 saturated carbocycles. The second-order valence-electron chi connectivity index (χ2n) is 7.87. The first-order valence-corrected chi connectivity index (χ1v) is 10.1. The molecule has 2 heterocycles. The smallest absolute Gasteiger partial charge is 0.315 e. The third-order valence-electron chi connectivity index (χ3n) is 6.17. The van der Waals surface area contributed by atoms with E-state index in [9.17, 15) is 14.7 Å². The van der Waals surface area contributed by atoms with Crippen LogP contribution >= 0.6 is 0 Å². The number of carboxylic acid groups (broad SMARTS) is 1. The first-order chi connectivity index (χ1) is 14.0. The highest BCUT2D eigenvalue weighted by molar-refractivity contribution is 5.86. The summed E-state index contributed by atoms with van der Waals surface area (Å²) in [6.45, 7) is 2.54. The number of carboxylic acids is 1.